The van der Waals surface area contributed by atoms with Gasteiger partial charge in [-0.05, 0) is 32.3 Å². The summed E-state index contributed by atoms with van der Waals surface area (Å²) in [6.45, 7) is 6.59. The number of anilines is 1. The molecule has 0 aliphatic carbocycles. The Labute approximate surface area is 223 Å². The van der Waals surface area contributed by atoms with E-state index in [0.717, 1.165) is 33.7 Å². The van der Waals surface area contributed by atoms with Crippen LogP contribution >= 0.6 is 0 Å². The fourth-order valence-electron chi connectivity index (χ4n) is 5.02. The third-order valence-corrected chi connectivity index (χ3v) is 7.36. The van der Waals surface area contributed by atoms with Gasteiger partial charge in [-0.15, -0.1) is 0 Å². The molecule has 3 aromatic rings. The molecule has 1 fully saturated rings. The lowest BCUT2D eigenvalue weighted by Crippen LogP contribution is -2.48. The summed E-state index contributed by atoms with van der Waals surface area (Å²) in [6, 6.07) is 7.59. The topological polar surface area (TPSA) is 145 Å². The van der Waals surface area contributed by atoms with Crippen LogP contribution in [0, 0.1) is 13.8 Å². The number of methoxy groups -OCH3 is 1. The quantitative estimate of drug-likeness (QED) is 0.382. The van der Waals surface area contributed by atoms with E-state index in [1.54, 1.807) is 14.2 Å². The minimum Gasteiger partial charge on any atom is -0.496 e. The molecule has 38 heavy (non-hydrogen) atoms. The number of likely N-dealkylation sites (tertiary alicyclic amines) is 1. The summed E-state index contributed by atoms with van der Waals surface area (Å²) in [6.07, 6.45) is 4.30. The Bertz CT molecular complexity index is 1370. The first-order valence-electron chi connectivity index (χ1n) is 12.7. The first-order valence-corrected chi connectivity index (χ1v) is 12.7. The van der Waals surface area contributed by atoms with Crippen molar-refractivity contribution in [1.29, 1.82) is 0 Å². The van der Waals surface area contributed by atoms with Gasteiger partial charge in [-0.1, -0.05) is 24.3 Å². The van der Waals surface area contributed by atoms with Crippen molar-refractivity contribution in [2.24, 2.45) is 10.7 Å². The van der Waals surface area contributed by atoms with Crippen LogP contribution in [0.1, 0.15) is 46.5 Å². The largest absolute Gasteiger partial charge is 0.496 e. The van der Waals surface area contributed by atoms with Crippen LogP contribution in [0.3, 0.4) is 0 Å². The zero-order chi connectivity index (χ0) is 27.4. The van der Waals surface area contributed by atoms with Gasteiger partial charge >= 0.3 is 0 Å². The molecule has 2 aromatic heterocycles. The fraction of sp³-hybridized carbons (Fsp3) is 0.429. The molecule has 202 valence electrons. The molecule has 4 rings (SSSR count). The summed E-state index contributed by atoms with van der Waals surface area (Å²) < 4.78 is 6.93. The van der Waals surface area contributed by atoms with Crippen LogP contribution in [0.4, 0.5) is 5.69 Å². The number of aryl methyl sites for hydroxylation is 1. The number of nitrogens with two attached hydrogens (primary N) is 2. The van der Waals surface area contributed by atoms with Gasteiger partial charge in [0, 0.05) is 56.1 Å². The van der Waals surface area contributed by atoms with E-state index >= 15 is 0 Å². The third-order valence-electron chi connectivity index (χ3n) is 7.36. The molecule has 1 saturated heterocycles. The predicted molar refractivity (Wildman–Crippen MR) is 149 cm³/mol. The maximum atomic E-state index is 13.2. The highest BCUT2D eigenvalue weighted by molar-refractivity contribution is 6.14. The summed E-state index contributed by atoms with van der Waals surface area (Å²) in [7, 11) is 3.31. The number of ether oxygens (including phenoxy) is 1. The van der Waals surface area contributed by atoms with Crippen molar-refractivity contribution < 1.29 is 9.84 Å². The molecule has 1 aromatic carbocycles. The van der Waals surface area contributed by atoms with Crippen molar-refractivity contribution in [2.75, 3.05) is 33.0 Å². The Morgan fingerprint density at radius 2 is 1.87 bits per heavy atom. The van der Waals surface area contributed by atoms with E-state index in [0.29, 0.717) is 50.4 Å². The van der Waals surface area contributed by atoms with Gasteiger partial charge < -0.3 is 21.3 Å². The molecule has 3 heterocycles. The van der Waals surface area contributed by atoms with Crippen LogP contribution in [-0.4, -0.2) is 63.1 Å². The Morgan fingerprint density at radius 1 is 1.18 bits per heavy atom. The number of aliphatic hydroxyl groups is 1. The first kappa shape index (κ1) is 27.4. The van der Waals surface area contributed by atoms with Crippen molar-refractivity contribution in [3.05, 3.63) is 80.8 Å². The normalized spacial score (nSPS) is 16.0. The number of pyridine rings is 1. The molecule has 0 spiro atoms. The Hall–Kier alpha value is -3.60. The average Bonchev–Trinajstić information content (AvgIpc) is 2.92. The monoisotopic (exact) mass is 519 g/mol. The number of aliphatic imine (C=N–C) groups is 1. The third kappa shape index (κ3) is 5.62. The van der Waals surface area contributed by atoms with E-state index in [-0.39, 0.29) is 12.2 Å². The Morgan fingerprint density at radius 3 is 2.47 bits per heavy atom. The molecule has 1 aliphatic rings. The van der Waals surface area contributed by atoms with E-state index < -0.39 is 11.2 Å². The van der Waals surface area contributed by atoms with Gasteiger partial charge in [0.05, 0.1) is 37.0 Å². The second kappa shape index (κ2) is 11.4. The SMILES string of the molecule is CN=C(c1ccc(CN)cc1)c1ncn(CC2(O)CCN(Cc3ncc(C)c(OC)c3C)CC2)c(=O)c1N. The molecule has 10 nitrogen and oxygen atoms in total. The predicted octanol–water partition coefficient (Wildman–Crippen LogP) is 1.80. The number of hydrogen-bond donors (Lipinski definition) is 3. The van der Waals surface area contributed by atoms with Crippen LogP contribution in [0.25, 0.3) is 0 Å². The van der Waals surface area contributed by atoms with Crippen LogP contribution in [0.2, 0.25) is 0 Å². The second-order valence-corrected chi connectivity index (χ2v) is 9.96. The molecule has 0 radical (unpaired) electrons. The number of hydrogen-bond acceptors (Lipinski definition) is 9. The minimum atomic E-state index is -1.04. The maximum Gasteiger partial charge on any atom is 0.277 e. The Balaban J connectivity index is 1.46. The van der Waals surface area contributed by atoms with E-state index in [9.17, 15) is 9.90 Å². The second-order valence-electron chi connectivity index (χ2n) is 9.96. The number of benzene rings is 1. The minimum absolute atomic E-state index is 0.00639. The summed E-state index contributed by atoms with van der Waals surface area (Å²) in [5.41, 5.74) is 16.2. The molecule has 0 amide bonds. The van der Waals surface area contributed by atoms with Gasteiger partial charge in [-0.2, -0.15) is 0 Å². The van der Waals surface area contributed by atoms with Crippen LogP contribution < -0.4 is 21.8 Å². The number of aromatic nitrogens is 3. The van der Waals surface area contributed by atoms with Crippen molar-refractivity contribution in [3.63, 3.8) is 0 Å². The van der Waals surface area contributed by atoms with Crippen molar-refractivity contribution in [3.8, 4) is 5.75 Å². The lowest BCUT2D eigenvalue weighted by atomic mass is 9.91. The molecule has 0 saturated carbocycles. The van der Waals surface area contributed by atoms with Gasteiger partial charge in [-0.25, -0.2) is 4.98 Å². The molecule has 5 N–H and O–H groups in total. The standard InChI is InChI=1S/C28H37N7O3/c1-18-14-32-22(19(2)26(18)38-4)15-34-11-9-28(37,10-12-34)16-35-17-33-25(23(30)27(35)36)24(31-3)21-7-5-20(13-29)6-8-21/h5-8,14,17,37H,9-13,15-16,29-30H2,1-4H3. The molecule has 0 atom stereocenters. The summed E-state index contributed by atoms with van der Waals surface area (Å²) in [5.74, 6) is 0.861. The van der Waals surface area contributed by atoms with E-state index in [2.05, 4.69) is 19.9 Å². The number of nitrogen functional groups attached to an aromatic ring is 1. The maximum absolute atomic E-state index is 13.2. The van der Waals surface area contributed by atoms with E-state index in [1.807, 2.05) is 44.3 Å². The van der Waals surface area contributed by atoms with Gasteiger partial charge in [0.1, 0.15) is 17.1 Å². The highest BCUT2D eigenvalue weighted by atomic mass is 16.5. The number of nitrogens with zero attached hydrogens (tertiary/aromatic N) is 5. The number of piperidine rings is 1. The highest BCUT2D eigenvalue weighted by Gasteiger charge is 2.34. The molecule has 1 aliphatic heterocycles. The Kier molecular flexibility index (Phi) is 8.25. The highest BCUT2D eigenvalue weighted by Crippen LogP contribution is 2.28. The van der Waals surface area contributed by atoms with Crippen molar-refractivity contribution >= 4 is 11.4 Å². The summed E-state index contributed by atoms with van der Waals surface area (Å²) >= 11 is 0. The summed E-state index contributed by atoms with van der Waals surface area (Å²) in [4.78, 5) is 28.8. The molecular weight excluding hydrogens is 482 g/mol. The van der Waals surface area contributed by atoms with Crippen molar-refractivity contribution in [2.45, 2.75) is 51.9 Å². The van der Waals surface area contributed by atoms with Gasteiger partial charge in [0.15, 0.2) is 0 Å². The average molecular weight is 520 g/mol. The zero-order valence-electron chi connectivity index (χ0n) is 22.6. The fourth-order valence-corrected chi connectivity index (χ4v) is 5.02. The van der Waals surface area contributed by atoms with Gasteiger partial charge in [0.2, 0.25) is 0 Å². The lowest BCUT2D eigenvalue weighted by Gasteiger charge is -2.38. The molecular formula is C28H37N7O3. The van der Waals surface area contributed by atoms with Crippen LogP contribution in [-0.2, 0) is 19.6 Å². The van der Waals surface area contributed by atoms with Gasteiger partial charge in [0.25, 0.3) is 5.56 Å². The van der Waals surface area contributed by atoms with Crippen LogP contribution in [0.5, 0.6) is 5.75 Å². The van der Waals surface area contributed by atoms with E-state index in [4.69, 9.17) is 16.2 Å². The molecule has 0 unspecified atom stereocenters. The van der Waals surface area contributed by atoms with E-state index in [1.165, 1.54) is 10.9 Å². The molecule has 0 bridgehead atoms. The zero-order valence-corrected chi connectivity index (χ0v) is 22.6. The summed E-state index contributed by atoms with van der Waals surface area (Å²) in [5, 5.41) is 11.3. The van der Waals surface area contributed by atoms with Crippen LogP contribution in [0.15, 0.2) is 46.6 Å². The smallest absolute Gasteiger partial charge is 0.277 e. The first-order chi connectivity index (χ1) is 18.2. The van der Waals surface area contributed by atoms with Gasteiger partial charge in [-0.3, -0.25) is 24.2 Å². The number of rotatable bonds is 8. The van der Waals surface area contributed by atoms with Crippen molar-refractivity contribution in [1.82, 2.24) is 19.4 Å². The molecule has 10 heteroatoms. The lowest BCUT2D eigenvalue weighted by molar-refractivity contribution is -0.0368.